The molecule has 1 amide bonds. The number of rotatable bonds is 10. The topological polar surface area (TPSA) is 80.9 Å². The molecule has 0 saturated carbocycles. The second-order valence-electron chi connectivity index (χ2n) is 7.92. The largest absolute Gasteiger partial charge is 0.490 e. The van der Waals surface area contributed by atoms with Crippen LogP contribution in [0.4, 0.5) is 0 Å². The molecule has 3 heterocycles. The van der Waals surface area contributed by atoms with Crippen molar-refractivity contribution in [2.75, 3.05) is 39.4 Å². The van der Waals surface area contributed by atoms with Crippen LogP contribution in [0.1, 0.15) is 42.9 Å². The second kappa shape index (κ2) is 11.3. The van der Waals surface area contributed by atoms with Crippen molar-refractivity contribution in [2.24, 2.45) is 0 Å². The Kier molecular flexibility index (Phi) is 7.96. The molecule has 0 spiro atoms. The van der Waals surface area contributed by atoms with Gasteiger partial charge in [0, 0.05) is 31.7 Å². The fourth-order valence-electron chi connectivity index (χ4n) is 3.61. The fraction of sp³-hybridized carbons (Fsp3) is 0.458. The number of hydrogen-bond donors (Lipinski definition) is 0. The van der Waals surface area contributed by atoms with Crippen LogP contribution in [-0.2, 0) is 6.54 Å². The predicted molar refractivity (Wildman–Crippen MR) is 127 cm³/mol. The number of benzene rings is 1. The molecule has 0 aliphatic carbocycles. The van der Waals surface area contributed by atoms with Crippen LogP contribution >= 0.6 is 11.3 Å². The zero-order chi connectivity index (χ0) is 23.0. The minimum Gasteiger partial charge on any atom is -0.490 e. The molecule has 1 aromatic carbocycles. The Morgan fingerprint density at radius 3 is 2.52 bits per heavy atom. The molecule has 1 aliphatic rings. The average molecular weight is 471 g/mol. The number of ether oxygens (including phenoxy) is 2. The molecule has 3 aromatic rings. The summed E-state index contributed by atoms with van der Waals surface area (Å²) in [6, 6.07) is 9.41. The minimum absolute atomic E-state index is 0.0100. The third-order valence-electron chi connectivity index (χ3n) is 5.34. The first kappa shape index (κ1) is 23.3. The van der Waals surface area contributed by atoms with Gasteiger partial charge in [-0.15, -0.1) is 11.3 Å². The standard InChI is InChI=1S/C24H30N4O4S/c1-3-13-30-19-8-7-18(16-20(19)31-14-4-2)24(29)28-11-9-27(10-12-28)17-22-25-23(26-32-22)21-6-5-15-33-21/h5-8,15-16H,3-4,9-14,17H2,1-2H3. The summed E-state index contributed by atoms with van der Waals surface area (Å²) in [6.07, 6.45) is 1.80. The van der Waals surface area contributed by atoms with E-state index in [1.165, 1.54) is 0 Å². The Balaban J connectivity index is 1.34. The van der Waals surface area contributed by atoms with Crippen LogP contribution in [0.15, 0.2) is 40.2 Å². The Morgan fingerprint density at radius 2 is 1.82 bits per heavy atom. The molecular formula is C24H30N4O4S. The maximum Gasteiger partial charge on any atom is 0.254 e. The summed E-state index contributed by atoms with van der Waals surface area (Å²) in [4.78, 5) is 22.7. The number of aromatic nitrogens is 2. The summed E-state index contributed by atoms with van der Waals surface area (Å²) in [7, 11) is 0. The van der Waals surface area contributed by atoms with E-state index in [4.69, 9.17) is 14.0 Å². The Labute approximate surface area is 198 Å². The first-order chi connectivity index (χ1) is 16.2. The van der Waals surface area contributed by atoms with Gasteiger partial charge in [-0.3, -0.25) is 9.69 Å². The fourth-order valence-corrected chi connectivity index (χ4v) is 4.25. The van der Waals surface area contributed by atoms with Crippen LogP contribution in [0.25, 0.3) is 10.7 Å². The molecule has 9 heteroatoms. The van der Waals surface area contributed by atoms with Crippen molar-refractivity contribution < 1.29 is 18.8 Å². The Hall–Kier alpha value is -2.91. The predicted octanol–water partition coefficient (Wildman–Crippen LogP) is 4.33. The molecule has 1 aliphatic heterocycles. The van der Waals surface area contributed by atoms with Crippen LogP contribution in [0.3, 0.4) is 0 Å². The molecule has 0 bridgehead atoms. The van der Waals surface area contributed by atoms with Gasteiger partial charge in [0.05, 0.1) is 24.6 Å². The maximum atomic E-state index is 13.1. The van der Waals surface area contributed by atoms with E-state index in [1.54, 1.807) is 17.4 Å². The zero-order valence-electron chi connectivity index (χ0n) is 19.2. The number of carbonyl (C=O) groups excluding carboxylic acids is 1. The molecule has 0 radical (unpaired) electrons. The lowest BCUT2D eigenvalue weighted by molar-refractivity contribution is 0.0614. The number of thiophene rings is 1. The van der Waals surface area contributed by atoms with Gasteiger partial charge >= 0.3 is 0 Å². The summed E-state index contributed by atoms with van der Waals surface area (Å²) in [5.41, 5.74) is 0.621. The van der Waals surface area contributed by atoms with Crippen LogP contribution in [0.5, 0.6) is 11.5 Å². The van der Waals surface area contributed by atoms with Gasteiger partial charge in [0.2, 0.25) is 11.7 Å². The second-order valence-corrected chi connectivity index (χ2v) is 8.86. The van der Waals surface area contributed by atoms with Crippen LogP contribution in [-0.4, -0.2) is 65.2 Å². The van der Waals surface area contributed by atoms with Gasteiger partial charge in [0.1, 0.15) is 0 Å². The van der Waals surface area contributed by atoms with Gasteiger partial charge in [-0.1, -0.05) is 25.1 Å². The highest BCUT2D eigenvalue weighted by Crippen LogP contribution is 2.29. The minimum atomic E-state index is 0.0100. The van der Waals surface area contributed by atoms with E-state index in [2.05, 4.69) is 28.9 Å². The van der Waals surface area contributed by atoms with E-state index in [9.17, 15) is 4.79 Å². The van der Waals surface area contributed by atoms with E-state index in [-0.39, 0.29) is 5.91 Å². The molecular weight excluding hydrogens is 440 g/mol. The molecule has 1 saturated heterocycles. The molecule has 0 atom stereocenters. The number of piperazine rings is 1. The first-order valence-electron chi connectivity index (χ1n) is 11.5. The number of amides is 1. The molecule has 2 aromatic heterocycles. The van der Waals surface area contributed by atoms with Crippen LogP contribution in [0.2, 0.25) is 0 Å². The van der Waals surface area contributed by atoms with Crippen molar-refractivity contribution in [3.05, 3.63) is 47.2 Å². The smallest absolute Gasteiger partial charge is 0.254 e. The van der Waals surface area contributed by atoms with Crippen molar-refractivity contribution >= 4 is 17.2 Å². The van der Waals surface area contributed by atoms with Crippen molar-refractivity contribution in [1.82, 2.24) is 19.9 Å². The van der Waals surface area contributed by atoms with E-state index in [0.29, 0.717) is 61.6 Å². The average Bonchev–Trinajstić information content (AvgIpc) is 3.54. The highest BCUT2D eigenvalue weighted by atomic mass is 32.1. The quantitative estimate of drug-likeness (QED) is 0.436. The normalized spacial score (nSPS) is 14.4. The van der Waals surface area contributed by atoms with Gasteiger partial charge in [-0.05, 0) is 42.5 Å². The molecule has 0 N–H and O–H groups in total. The third kappa shape index (κ3) is 5.91. The van der Waals surface area contributed by atoms with E-state index in [1.807, 2.05) is 34.5 Å². The SMILES string of the molecule is CCCOc1ccc(C(=O)N2CCN(Cc3nc(-c4cccs4)no3)CC2)cc1OCCC. The summed E-state index contributed by atoms with van der Waals surface area (Å²) in [5.74, 6) is 2.55. The number of carbonyl (C=O) groups is 1. The van der Waals surface area contributed by atoms with Gasteiger partial charge in [-0.25, -0.2) is 0 Å². The third-order valence-corrected chi connectivity index (χ3v) is 6.21. The molecule has 33 heavy (non-hydrogen) atoms. The molecule has 176 valence electrons. The number of hydrogen-bond acceptors (Lipinski definition) is 8. The lowest BCUT2D eigenvalue weighted by Gasteiger charge is -2.34. The van der Waals surface area contributed by atoms with Gasteiger partial charge in [0.25, 0.3) is 5.91 Å². The van der Waals surface area contributed by atoms with Crippen molar-refractivity contribution in [3.8, 4) is 22.2 Å². The Bertz CT molecular complexity index is 1030. The van der Waals surface area contributed by atoms with Gasteiger partial charge in [-0.2, -0.15) is 4.98 Å². The lowest BCUT2D eigenvalue weighted by atomic mass is 10.1. The van der Waals surface area contributed by atoms with E-state index >= 15 is 0 Å². The zero-order valence-corrected chi connectivity index (χ0v) is 20.0. The maximum absolute atomic E-state index is 13.1. The van der Waals surface area contributed by atoms with Crippen LogP contribution < -0.4 is 9.47 Å². The van der Waals surface area contributed by atoms with Crippen molar-refractivity contribution in [3.63, 3.8) is 0 Å². The monoisotopic (exact) mass is 470 g/mol. The van der Waals surface area contributed by atoms with Gasteiger partial charge in [0.15, 0.2) is 11.5 Å². The molecule has 0 unspecified atom stereocenters. The van der Waals surface area contributed by atoms with Crippen molar-refractivity contribution in [2.45, 2.75) is 33.2 Å². The highest BCUT2D eigenvalue weighted by Gasteiger charge is 2.24. The van der Waals surface area contributed by atoms with Crippen LogP contribution in [0, 0.1) is 0 Å². The summed E-state index contributed by atoms with van der Waals surface area (Å²) >= 11 is 1.59. The summed E-state index contributed by atoms with van der Waals surface area (Å²) < 4.78 is 17.0. The van der Waals surface area contributed by atoms with Gasteiger partial charge < -0.3 is 18.9 Å². The molecule has 8 nitrogen and oxygen atoms in total. The first-order valence-corrected chi connectivity index (χ1v) is 12.3. The summed E-state index contributed by atoms with van der Waals surface area (Å²) in [5, 5.41) is 6.07. The molecule has 4 rings (SSSR count). The lowest BCUT2D eigenvalue weighted by Crippen LogP contribution is -2.48. The summed E-state index contributed by atoms with van der Waals surface area (Å²) in [6.45, 7) is 8.68. The van der Waals surface area contributed by atoms with Crippen molar-refractivity contribution in [1.29, 1.82) is 0 Å². The highest BCUT2D eigenvalue weighted by molar-refractivity contribution is 7.13. The van der Waals surface area contributed by atoms with E-state index in [0.717, 1.165) is 30.8 Å². The van der Waals surface area contributed by atoms with E-state index < -0.39 is 0 Å². The number of nitrogens with zero attached hydrogens (tertiary/aromatic N) is 4. The molecule has 1 fully saturated rings. The Morgan fingerprint density at radius 1 is 1.06 bits per heavy atom.